The maximum absolute atomic E-state index is 6.22. The van der Waals surface area contributed by atoms with Crippen LogP contribution in [0, 0.1) is 6.92 Å². The van der Waals surface area contributed by atoms with Crippen molar-refractivity contribution in [2.24, 2.45) is 5.73 Å². The van der Waals surface area contributed by atoms with Crippen LogP contribution in [-0.2, 0) is 0 Å². The number of aryl methyl sites for hydroxylation is 1. The van der Waals surface area contributed by atoms with Gasteiger partial charge in [-0.3, -0.25) is 0 Å². The Bertz CT molecular complexity index is 529. The lowest BCUT2D eigenvalue weighted by Gasteiger charge is -2.21. The first-order valence-electron chi connectivity index (χ1n) is 6.08. The average molecular weight is 342 g/mol. The molecule has 0 amide bonds. The zero-order chi connectivity index (χ0) is 13.8. The summed E-state index contributed by atoms with van der Waals surface area (Å²) in [7, 11) is 0. The molecule has 0 saturated carbocycles. The first kappa shape index (κ1) is 14.6. The summed E-state index contributed by atoms with van der Waals surface area (Å²) < 4.78 is 6.48. The number of thioether (sulfide) groups is 1. The van der Waals surface area contributed by atoms with Gasteiger partial charge in [0.15, 0.2) is 0 Å². The highest BCUT2D eigenvalue weighted by molar-refractivity contribution is 9.10. The van der Waals surface area contributed by atoms with Gasteiger partial charge in [-0.25, -0.2) is 0 Å². The topological polar surface area (TPSA) is 64.9 Å². The summed E-state index contributed by atoms with van der Waals surface area (Å²) in [6.07, 6.45) is 0.890. The molecule has 2 unspecified atom stereocenters. The highest BCUT2D eigenvalue weighted by Crippen LogP contribution is 2.37. The third-order valence-electron chi connectivity index (χ3n) is 2.79. The first-order chi connectivity index (χ1) is 9.10. The van der Waals surface area contributed by atoms with Crippen LogP contribution in [-0.4, -0.2) is 16.2 Å². The normalized spacial score (nSPS) is 14.3. The molecule has 4 nitrogen and oxygen atoms in total. The fourth-order valence-electron chi connectivity index (χ4n) is 1.70. The third-order valence-corrected chi connectivity index (χ3v) is 4.57. The van der Waals surface area contributed by atoms with Crippen molar-refractivity contribution >= 4 is 27.7 Å². The average Bonchev–Trinajstić information content (AvgIpc) is 2.82. The van der Waals surface area contributed by atoms with Gasteiger partial charge in [-0.15, -0.1) is 10.2 Å². The minimum absolute atomic E-state index is 0.0402. The minimum atomic E-state index is 0.0402. The summed E-state index contributed by atoms with van der Waals surface area (Å²) in [5.74, 6) is 0.571. The molecule has 1 aromatic carbocycles. The van der Waals surface area contributed by atoms with E-state index in [4.69, 9.17) is 10.2 Å². The van der Waals surface area contributed by atoms with Crippen LogP contribution in [0.1, 0.15) is 30.0 Å². The molecule has 0 aliphatic rings. The lowest BCUT2D eigenvalue weighted by molar-refractivity contribution is 0.427. The molecule has 0 radical (unpaired) electrons. The smallest absolute Gasteiger partial charge is 0.277 e. The zero-order valence-corrected chi connectivity index (χ0v) is 13.2. The molecule has 6 heteroatoms. The Morgan fingerprint density at radius 1 is 1.32 bits per heavy atom. The Balaban J connectivity index is 2.23. The van der Waals surface area contributed by atoms with Crippen molar-refractivity contribution in [3.63, 3.8) is 0 Å². The van der Waals surface area contributed by atoms with Crippen molar-refractivity contribution in [3.8, 4) is 0 Å². The molecule has 0 fully saturated rings. The van der Waals surface area contributed by atoms with E-state index in [-0.39, 0.29) is 11.3 Å². The lowest BCUT2D eigenvalue weighted by Crippen LogP contribution is -2.25. The lowest BCUT2D eigenvalue weighted by atomic mass is 10.0. The molecule has 19 heavy (non-hydrogen) atoms. The Kier molecular flexibility index (Phi) is 5.01. The number of nitrogens with two attached hydrogens (primary N) is 1. The van der Waals surface area contributed by atoms with Gasteiger partial charge >= 0.3 is 0 Å². The Morgan fingerprint density at radius 2 is 2.00 bits per heavy atom. The molecular formula is C13H16BrN3OS. The fraction of sp³-hybridized carbons (Fsp3) is 0.385. The molecule has 0 aliphatic heterocycles. The van der Waals surface area contributed by atoms with Crippen LogP contribution in [0.25, 0.3) is 0 Å². The monoisotopic (exact) mass is 341 g/mol. The maximum atomic E-state index is 6.22. The molecule has 0 saturated heterocycles. The number of nitrogens with zero attached hydrogens (tertiary/aromatic N) is 2. The van der Waals surface area contributed by atoms with Crippen molar-refractivity contribution in [2.45, 2.75) is 36.8 Å². The second-order valence-corrected chi connectivity index (χ2v) is 6.26. The number of rotatable bonds is 5. The number of hydrogen-bond donors (Lipinski definition) is 1. The summed E-state index contributed by atoms with van der Waals surface area (Å²) >= 11 is 4.96. The Morgan fingerprint density at radius 3 is 2.53 bits per heavy atom. The van der Waals surface area contributed by atoms with Crippen LogP contribution in [0.4, 0.5) is 0 Å². The minimum Gasteiger partial charge on any atom is -0.416 e. The molecule has 2 aromatic rings. The Hall–Kier alpha value is -0.850. The van der Waals surface area contributed by atoms with Crippen LogP contribution in [0.2, 0.25) is 0 Å². The van der Waals surface area contributed by atoms with Crippen LogP contribution in [0.15, 0.2) is 38.4 Å². The molecule has 1 aromatic heterocycles. The van der Waals surface area contributed by atoms with E-state index in [2.05, 4.69) is 45.2 Å². The van der Waals surface area contributed by atoms with Crippen molar-refractivity contribution in [3.05, 3.63) is 40.2 Å². The van der Waals surface area contributed by atoms with Gasteiger partial charge < -0.3 is 10.2 Å². The van der Waals surface area contributed by atoms with Gasteiger partial charge in [-0.2, -0.15) is 0 Å². The standard InChI is InChI=1S/C13H16BrN3OS/c1-3-11(15)12(9-4-6-10(14)7-5-9)19-13-17-16-8(2)18-13/h4-7,11-12H,3,15H2,1-2H3. The number of aromatic nitrogens is 2. The van der Waals surface area contributed by atoms with Crippen molar-refractivity contribution in [2.75, 3.05) is 0 Å². The molecule has 2 N–H and O–H groups in total. The summed E-state index contributed by atoms with van der Waals surface area (Å²) in [6.45, 7) is 3.86. The zero-order valence-electron chi connectivity index (χ0n) is 10.8. The first-order valence-corrected chi connectivity index (χ1v) is 7.75. The van der Waals surface area contributed by atoms with Gasteiger partial charge in [0.25, 0.3) is 5.22 Å². The van der Waals surface area contributed by atoms with E-state index in [1.54, 1.807) is 6.92 Å². The van der Waals surface area contributed by atoms with Gasteiger partial charge in [0.05, 0.1) is 5.25 Å². The van der Waals surface area contributed by atoms with E-state index in [1.165, 1.54) is 17.3 Å². The maximum Gasteiger partial charge on any atom is 0.277 e. The van der Waals surface area contributed by atoms with Crippen molar-refractivity contribution < 1.29 is 4.42 Å². The van der Waals surface area contributed by atoms with Crippen LogP contribution >= 0.6 is 27.7 Å². The summed E-state index contributed by atoms with van der Waals surface area (Å²) in [5.41, 5.74) is 7.38. The van der Waals surface area contributed by atoms with Gasteiger partial charge in [-0.1, -0.05) is 46.7 Å². The summed E-state index contributed by atoms with van der Waals surface area (Å²) in [6, 6.07) is 8.22. The van der Waals surface area contributed by atoms with E-state index in [0.717, 1.165) is 10.9 Å². The second kappa shape index (κ2) is 6.54. The van der Waals surface area contributed by atoms with Gasteiger partial charge in [0.1, 0.15) is 0 Å². The predicted octanol–water partition coefficient (Wildman–Crippen LogP) is 3.71. The Labute approximate surface area is 125 Å². The van der Waals surface area contributed by atoms with E-state index < -0.39 is 0 Å². The number of hydrogen-bond acceptors (Lipinski definition) is 5. The molecule has 2 atom stereocenters. The highest BCUT2D eigenvalue weighted by Gasteiger charge is 2.22. The molecule has 0 aliphatic carbocycles. The molecule has 0 spiro atoms. The van der Waals surface area contributed by atoms with Gasteiger partial charge in [0, 0.05) is 17.4 Å². The number of benzene rings is 1. The SMILES string of the molecule is CCC(N)C(Sc1nnc(C)o1)c1ccc(Br)cc1. The molecule has 0 bridgehead atoms. The van der Waals surface area contributed by atoms with Crippen LogP contribution in [0.3, 0.4) is 0 Å². The van der Waals surface area contributed by atoms with Gasteiger partial charge in [0.2, 0.25) is 5.89 Å². The van der Waals surface area contributed by atoms with E-state index in [0.29, 0.717) is 11.1 Å². The molecule has 1 heterocycles. The molecule has 102 valence electrons. The van der Waals surface area contributed by atoms with E-state index in [1.807, 2.05) is 12.1 Å². The van der Waals surface area contributed by atoms with Crippen molar-refractivity contribution in [1.29, 1.82) is 0 Å². The third kappa shape index (κ3) is 3.81. The second-order valence-electron chi connectivity index (χ2n) is 4.25. The summed E-state index contributed by atoms with van der Waals surface area (Å²) in [4.78, 5) is 0. The van der Waals surface area contributed by atoms with Crippen LogP contribution in [0.5, 0.6) is 0 Å². The van der Waals surface area contributed by atoms with Gasteiger partial charge in [-0.05, 0) is 24.1 Å². The van der Waals surface area contributed by atoms with Crippen molar-refractivity contribution in [1.82, 2.24) is 10.2 Å². The largest absolute Gasteiger partial charge is 0.416 e. The summed E-state index contributed by atoms with van der Waals surface area (Å²) in [5, 5.41) is 8.55. The predicted molar refractivity (Wildman–Crippen MR) is 80.0 cm³/mol. The molecular weight excluding hydrogens is 326 g/mol. The molecule has 2 rings (SSSR count). The fourth-order valence-corrected chi connectivity index (χ4v) is 3.10. The van der Waals surface area contributed by atoms with Crippen LogP contribution < -0.4 is 5.73 Å². The highest BCUT2D eigenvalue weighted by atomic mass is 79.9. The van der Waals surface area contributed by atoms with E-state index in [9.17, 15) is 0 Å². The van der Waals surface area contributed by atoms with E-state index >= 15 is 0 Å². The number of halogens is 1. The quantitative estimate of drug-likeness (QED) is 0.839.